The average Bonchev–Trinajstić information content (AvgIpc) is 2.23. The molecule has 0 atom stereocenters. The molecule has 0 aromatic heterocycles. The highest BCUT2D eigenvalue weighted by atomic mass is 19.1. The summed E-state index contributed by atoms with van der Waals surface area (Å²) in [5, 5.41) is 17.3. The monoisotopic (exact) mass is 203 g/mol. The molecule has 0 amide bonds. The van der Waals surface area contributed by atoms with Gasteiger partial charge in [-0.1, -0.05) is 12.1 Å². The van der Waals surface area contributed by atoms with Gasteiger partial charge < -0.3 is 0 Å². The van der Waals surface area contributed by atoms with Crippen LogP contribution >= 0.6 is 0 Å². The van der Waals surface area contributed by atoms with E-state index in [0.717, 1.165) is 5.56 Å². The highest BCUT2D eigenvalue weighted by molar-refractivity contribution is 5.17. The fourth-order valence-electron chi connectivity index (χ4n) is 1.20. The number of rotatable bonds is 3. The van der Waals surface area contributed by atoms with E-state index in [1.807, 2.05) is 12.1 Å². The summed E-state index contributed by atoms with van der Waals surface area (Å²) in [7, 11) is 1.68. The number of hydrogen-bond acceptors (Lipinski definition) is 3. The Hall–Kier alpha value is -1.91. The van der Waals surface area contributed by atoms with E-state index in [9.17, 15) is 4.39 Å². The summed E-state index contributed by atoms with van der Waals surface area (Å²) in [6.07, 6.45) is 0. The Morgan fingerprint density at radius 2 is 1.80 bits per heavy atom. The third-order valence-electron chi connectivity index (χ3n) is 2.03. The number of benzene rings is 1. The summed E-state index contributed by atoms with van der Waals surface area (Å²) in [5.74, 6) is -0.293. The molecule has 0 bridgehead atoms. The zero-order valence-electron chi connectivity index (χ0n) is 8.31. The first-order chi connectivity index (χ1) is 7.17. The van der Waals surface area contributed by atoms with Crippen molar-refractivity contribution >= 4 is 0 Å². The molecule has 0 N–H and O–H groups in total. The molecule has 0 spiro atoms. The molecule has 76 valence electrons. The van der Waals surface area contributed by atoms with E-state index in [1.54, 1.807) is 24.1 Å². The molecule has 0 aliphatic heterocycles. The molecule has 1 aromatic carbocycles. The zero-order chi connectivity index (χ0) is 11.3. The summed E-state index contributed by atoms with van der Waals surface area (Å²) in [6, 6.07) is 8.97. The van der Waals surface area contributed by atoms with Crippen molar-refractivity contribution in [2.45, 2.75) is 12.6 Å². The molecule has 0 aliphatic carbocycles. The lowest BCUT2D eigenvalue weighted by Crippen LogP contribution is -2.28. The van der Waals surface area contributed by atoms with Gasteiger partial charge in [-0.25, -0.2) is 4.39 Å². The molecular formula is C11H10FN3. The lowest BCUT2D eigenvalue weighted by atomic mass is 10.2. The Balaban J connectivity index is 2.67. The van der Waals surface area contributed by atoms with Gasteiger partial charge in [-0.15, -0.1) is 0 Å². The van der Waals surface area contributed by atoms with Gasteiger partial charge in [-0.05, 0) is 24.7 Å². The molecule has 0 aliphatic rings. The highest BCUT2D eigenvalue weighted by Crippen LogP contribution is 2.07. The van der Waals surface area contributed by atoms with Gasteiger partial charge in [-0.2, -0.15) is 10.5 Å². The van der Waals surface area contributed by atoms with Crippen LogP contribution in [0, 0.1) is 28.5 Å². The molecule has 4 heteroatoms. The van der Waals surface area contributed by atoms with E-state index in [0.29, 0.717) is 6.54 Å². The lowest BCUT2D eigenvalue weighted by Gasteiger charge is -2.16. The summed E-state index contributed by atoms with van der Waals surface area (Å²) in [4.78, 5) is 1.60. The lowest BCUT2D eigenvalue weighted by molar-refractivity contribution is 0.321. The van der Waals surface area contributed by atoms with Gasteiger partial charge in [-0.3, -0.25) is 4.90 Å². The molecule has 0 saturated carbocycles. The summed E-state index contributed by atoms with van der Waals surface area (Å²) >= 11 is 0. The molecule has 0 unspecified atom stereocenters. The van der Waals surface area contributed by atoms with Gasteiger partial charge in [0.1, 0.15) is 5.82 Å². The van der Waals surface area contributed by atoms with Crippen LogP contribution in [0.1, 0.15) is 5.56 Å². The minimum absolute atomic E-state index is 0.293. The number of halogens is 1. The van der Waals surface area contributed by atoms with E-state index in [2.05, 4.69) is 0 Å². The second-order valence-electron chi connectivity index (χ2n) is 3.20. The zero-order valence-corrected chi connectivity index (χ0v) is 8.31. The van der Waals surface area contributed by atoms with E-state index >= 15 is 0 Å². The van der Waals surface area contributed by atoms with Crippen molar-refractivity contribution in [2.75, 3.05) is 7.05 Å². The molecule has 0 saturated heterocycles. The van der Waals surface area contributed by atoms with Gasteiger partial charge in [0.2, 0.25) is 0 Å². The summed E-state index contributed by atoms with van der Waals surface area (Å²) in [6.45, 7) is 0.450. The minimum Gasteiger partial charge on any atom is -0.275 e. The second kappa shape index (κ2) is 5.09. The first kappa shape index (κ1) is 11.2. The molecule has 3 nitrogen and oxygen atoms in total. The summed E-state index contributed by atoms with van der Waals surface area (Å²) in [5.41, 5.74) is 0.870. The first-order valence-electron chi connectivity index (χ1n) is 4.41. The van der Waals surface area contributed by atoms with Crippen LogP contribution in [0.5, 0.6) is 0 Å². The third-order valence-corrected chi connectivity index (χ3v) is 2.03. The molecule has 0 fully saturated rings. The van der Waals surface area contributed by atoms with Gasteiger partial charge in [0, 0.05) is 6.54 Å². The Labute approximate surface area is 88.0 Å². The van der Waals surface area contributed by atoms with Gasteiger partial charge in [0.15, 0.2) is 6.04 Å². The quantitative estimate of drug-likeness (QED) is 0.750. The maximum Gasteiger partial charge on any atom is 0.186 e. The predicted octanol–water partition coefficient (Wildman–Crippen LogP) is 1.67. The maximum atomic E-state index is 12.6. The standard InChI is InChI=1S/C11H10FN3/c1-15(11(6-13)7-14)8-9-2-4-10(12)5-3-9/h2-5,11H,8H2,1H3. The van der Waals surface area contributed by atoms with E-state index in [4.69, 9.17) is 10.5 Å². The maximum absolute atomic E-state index is 12.6. The Morgan fingerprint density at radius 1 is 1.27 bits per heavy atom. The van der Waals surface area contributed by atoms with Gasteiger partial charge >= 0.3 is 0 Å². The van der Waals surface area contributed by atoms with Crippen LogP contribution in [-0.4, -0.2) is 18.0 Å². The van der Waals surface area contributed by atoms with Crippen molar-refractivity contribution in [3.63, 3.8) is 0 Å². The van der Waals surface area contributed by atoms with Gasteiger partial charge in [0.05, 0.1) is 12.1 Å². The van der Waals surface area contributed by atoms with Crippen LogP contribution in [0.25, 0.3) is 0 Å². The number of nitriles is 2. The average molecular weight is 203 g/mol. The molecule has 0 heterocycles. The van der Waals surface area contributed by atoms with Crippen molar-refractivity contribution in [1.29, 1.82) is 10.5 Å². The minimum atomic E-state index is -0.768. The van der Waals surface area contributed by atoms with Crippen LogP contribution in [0.3, 0.4) is 0 Å². The van der Waals surface area contributed by atoms with Crippen LogP contribution in [0.4, 0.5) is 4.39 Å². The smallest absolute Gasteiger partial charge is 0.186 e. The molecule has 15 heavy (non-hydrogen) atoms. The molecule has 1 aromatic rings. The highest BCUT2D eigenvalue weighted by Gasteiger charge is 2.12. The Kier molecular flexibility index (Phi) is 3.79. The van der Waals surface area contributed by atoms with Gasteiger partial charge in [0.25, 0.3) is 0 Å². The Morgan fingerprint density at radius 3 is 2.27 bits per heavy atom. The van der Waals surface area contributed by atoms with Crippen LogP contribution in [-0.2, 0) is 6.54 Å². The van der Waals surface area contributed by atoms with E-state index in [1.165, 1.54) is 12.1 Å². The molecule has 1 rings (SSSR count). The van der Waals surface area contributed by atoms with Crippen molar-refractivity contribution < 1.29 is 4.39 Å². The first-order valence-corrected chi connectivity index (χ1v) is 4.41. The Bertz CT molecular complexity index is 385. The fourth-order valence-corrected chi connectivity index (χ4v) is 1.20. The number of nitrogens with zero attached hydrogens (tertiary/aromatic N) is 3. The van der Waals surface area contributed by atoms with E-state index < -0.39 is 6.04 Å². The molecule has 0 radical (unpaired) electrons. The normalized spacial score (nSPS) is 10.0. The predicted molar refractivity (Wildman–Crippen MR) is 52.9 cm³/mol. The summed E-state index contributed by atoms with van der Waals surface area (Å²) < 4.78 is 12.6. The van der Waals surface area contributed by atoms with Crippen molar-refractivity contribution in [3.05, 3.63) is 35.6 Å². The third kappa shape index (κ3) is 3.05. The van der Waals surface area contributed by atoms with Crippen molar-refractivity contribution in [1.82, 2.24) is 4.90 Å². The van der Waals surface area contributed by atoms with Crippen LogP contribution in [0.15, 0.2) is 24.3 Å². The topological polar surface area (TPSA) is 50.8 Å². The largest absolute Gasteiger partial charge is 0.275 e. The SMILES string of the molecule is CN(Cc1ccc(F)cc1)C(C#N)C#N. The number of hydrogen-bond donors (Lipinski definition) is 0. The van der Waals surface area contributed by atoms with Crippen LogP contribution < -0.4 is 0 Å². The second-order valence-corrected chi connectivity index (χ2v) is 3.20. The van der Waals surface area contributed by atoms with Crippen molar-refractivity contribution in [3.8, 4) is 12.1 Å². The fraction of sp³-hybridized carbons (Fsp3) is 0.273. The van der Waals surface area contributed by atoms with E-state index in [-0.39, 0.29) is 5.82 Å². The molecular weight excluding hydrogens is 193 g/mol. The van der Waals surface area contributed by atoms with Crippen molar-refractivity contribution in [2.24, 2.45) is 0 Å². The van der Waals surface area contributed by atoms with Crippen LogP contribution in [0.2, 0.25) is 0 Å².